The third kappa shape index (κ3) is 5.40. The zero-order valence-electron chi connectivity index (χ0n) is 19.1. The van der Waals surface area contributed by atoms with E-state index in [1.165, 1.54) is 5.56 Å². The van der Waals surface area contributed by atoms with Gasteiger partial charge in [-0.15, -0.1) is 0 Å². The fourth-order valence-electron chi connectivity index (χ4n) is 4.87. The number of nitrogen functional groups attached to an aromatic ring is 1. The normalized spacial score (nSPS) is 23.7. The standard InChI is InChI=1S/C22H39N7O/c1-5-8-29-15-18(25-22(30)28(7-3)10-9-27(4)6-2)11-16-12-19-17(13-20(16)29)14-24-21(23)26-19/h14,16,18,20H,5-13,15H2,1-4H3,(H,25,30)(H2,23,24,26)/t16-,18+,20-/m1/s1. The van der Waals surface area contributed by atoms with Crippen molar-refractivity contribution in [3.05, 3.63) is 17.5 Å². The molecule has 0 spiro atoms. The first-order valence-corrected chi connectivity index (χ1v) is 11.5. The second-order valence-electron chi connectivity index (χ2n) is 8.79. The van der Waals surface area contributed by atoms with Gasteiger partial charge in [-0.3, -0.25) is 4.90 Å². The Labute approximate surface area is 181 Å². The van der Waals surface area contributed by atoms with Gasteiger partial charge in [-0.25, -0.2) is 14.8 Å². The highest BCUT2D eigenvalue weighted by molar-refractivity contribution is 5.74. The number of nitrogens with zero attached hydrogens (tertiary/aromatic N) is 5. The second-order valence-corrected chi connectivity index (χ2v) is 8.79. The maximum absolute atomic E-state index is 13.0. The monoisotopic (exact) mass is 417 g/mol. The number of carbonyl (C=O) groups is 1. The molecule has 2 amide bonds. The predicted octanol–water partition coefficient (Wildman–Crippen LogP) is 1.61. The smallest absolute Gasteiger partial charge is 0.317 e. The Kier molecular flexibility index (Phi) is 7.88. The number of amides is 2. The number of likely N-dealkylation sites (tertiary alicyclic amines) is 1. The molecule has 0 aromatic carbocycles. The number of carbonyl (C=O) groups excluding carboxylic acids is 1. The third-order valence-electron chi connectivity index (χ3n) is 6.71. The molecule has 1 fully saturated rings. The molecule has 3 atom stereocenters. The Morgan fingerprint density at radius 3 is 2.77 bits per heavy atom. The van der Waals surface area contributed by atoms with Crippen molar-refractivity contribution in [3.63, 3.8) is 0 Å². The van der Waals surface area contributed by atoms with Gasteiger partial charge in [0, 0.05) is 50.2 Å². The topological polar surface area (TPSA) is 90.6 Å². The lowest BCUT2D eigenvalue weighted by atomic mass is 9.76. The number of urea groups is 1. The summed E-state index contributed by atoms with van der Waals surface area (Å²) in [4.78, 5) is 28.4. The quantitative estimate of drug-likeness (QED) is 0.668. The lowest BCUT2D eigenvalue weighted by Crippen LogP contribution is -2.59. The molecule has 0 radical (unpaired) electrons. The van der Waals surface area contributed by atoms with Gasteiger partial charge in [0.2, 0.25) is 5.95 Å². The maximum atomic E-state index is 13.0. The number of nitrogens with one attached hydrogen (secondary N) is 1. The Hall–Kier alpha value is -1.93. The van der Waals surface area contributed by atoms with Crippen molar-refractivity contribution in [2.75, 3.05) is 52.0 Å². The molecule has 3 N–H and O–H groups in total. The Morgan fingerprint density at radius 1 is 1.27 bits per heavy atom. The molecule has 1 aromatic heterocycles. The zero-order valence-corrected chi connectivity index (χ0v) is 19.1. The Morgan fingerprint density at radius 2 is 2.07 bits per heavy atom. The molecular formula is C22H39N7O. The van der Waals surface area contributed by atoms with Crippen LogP contribution in [0.25, 0.3) is 0 Å². The molecule has 1 aliphatic carbocycles. The highest BCUT2D eigenvalue weighted by Crippen LogP contribution is 2.34. The number of aromatic nitrogens is 2. The number of hydrogen-bond donors (Lipinski definition) is 2. The molecule has 8 heteroatoms. The molecule has 1 aromatic rings. The van der Waals surface area contributed by atoms with E-state index in [4.69, 9.17) is 5.73 Å². The predicted molar refractivity (Wildman–Crippen MR) is 120 cm³/mol. The van der Waals surface area contributed by atoms with Gasteiger partial charge in [-0.05, 0) is 64.2 Å². The zero-order chi connectivity index (χ0) is 21.7. The van der Waals surface area contributed by atoms with Crippen molar-refractivity contribution in [1.82, 2.24) is 30.0 Å². The van der Waals surface area contributed by atoms with Gasteiger partial charge in [-0.1, -0.05) is 13.8 Å². The van der Waals surface area contributed by atoms with E-state index in [-0.39, 0.29) is 12.1 Å². The first-order chi connectivity index (χ1) is 14.4. The SMILES string of the molecule is CCCN1C[C@@H](NC(=O)N(CC)CCN(C)CC)C[C@@H]2Cc3nc(N)ncc3C[C@H]21. The van der Waals surface area contributed by atoms with Crippen LogP contribution < -0.4 is 11.1 Å². The van der Waals surface area contributed by atoms with Crippen molar-refractivity contribution in [2.24, 2.45) is 5.92 Å². The van der Waals surface area contributed by atoms with E-state index in [1.54, 1.807) is 0 Å². The molecule has 8 nitrogen and oxygen atoms in total. The summed E-state index contributed by atoms with van der Waals surface area (Å²) in [5, 5.41) is 3.34. The van der Waals surface area contributed by atoms with Gasteiger partial charge in [0.05, 0.1) is 0 Å². The molecule has 2 heterocycles. The van der Waals surface area contributed by atoms with Gasteiger partial charge in [0.15, 0.2) is 0 Å². The van der Waals surface area contributed by atoms with Crippen LogP contribution in [-0.2, 0) is 12.8 Å². The molecule has 0 bridgehead atoms. The molecule has 3 rings (SSSR count). The minimum Gasteiger partial charge on any atom is -0.368 e. The van der Waals surface area contributed by atoms with E-state index in [1.807, 2.05) is 18.0 Å². The van der Waals surface area contributed by atoms with E-state index >= 15 is 0 Å². The van der Waals surface area contributed by atoms with E-state index in [2.05, 4.69) is 46.0 Å². The minimum atomic E-state index is 0.0599. The van der Waals surface area contributed by atoms with Crippen LogP contribution in [0.1, 0.15) is 44.9 Å². The summed E-state index contributed by atoms with van der Waals surface area (Å²) in [6.45, 7) is 11.8. The first kappa shape index (κ1) is 22.7. The van der Waals surface area contributed by atoms with Crippen LogP contribution in [-0.4, -0.2) is 89.1 Å². The fourth-order valence-corrected chi connectivity index (χ4v) is 4.87. The summed E-state index contributed by atoms with van der Waals surface area (Å²) >= 11 is 0. The molecule has 168 valence electrons. The fraction of sp³-hybridized carbons (Fsp3) is 0.773. The van der Waals surface area contributed by atoms with Crippen molar-refractivity contribution < 1.29 is 4.79 Å². The summed E-state index contributed by atoms with van der Waals surface area (Å²) in [7, 11) is 2.09. The largest absolute Gasteiger partial charge is 0.368 e. The van der Waals surface area contributed by atoms with Gasteiger partial charge in [0.1, 0.15) is 0 Å². The van der Waals surface area contributed by atoms with Crippen molar-refractivity contribution in [1.29, 1.82) is 0 Å². The summed E-state index contributed by atoms with van der Waals surface area (Å²) in [5.74, 6) is 0.840. The number of piperidine rings is 1. The van der Waals surface area contributed by atoms with Crippen LogP contribution in [0.4, 0.5) is 10.7 Å². The number of anilines is 1. The van der Waals surface area contributed by atoms with Crippen molar-refractivity contribution in [3.8, 4) is 0 Å². The molecule has 2 aliphatic rings. The molecule has 30 heavy (non-hydrogen) atoms. The summed E-state index contributed by atoms with van der Waals surface area (Å²) in [5.41, 5.74) is 8.14. The van der Waals surface area contributed by atoms with Crippen molar-refractivity contribution in [2.45, 2.75) is 58.5 Å². The maximum Gasteiger partial charge on any atom is 0.317 e. The number of rotatable bonds is 8. The average Bonchev–Trinajstić information content (AvgIpc) is 2.72. The van der Waals surface area contributed by atoms with Gasteiger partial charge < -0.3 is 20.9 Å². The number of hydrogen-bond acceptors (Lipinski definition) is 6. The number of nitrogens with two attached hydrogens (primary N) is 1. The van der Waals surface area contributed by atoms with Crippen molar-refractivity contribution >= 4 is 12.0 Å². The van der Waals surface area contributed by atoms with E-state index < -0.39 is 0 Å². The van der Waals surface area contributed by atoms with E-state index in [9.17, 15) is 4.79 Å². The van der Waals surface area contributed by atoms with Crippen LogP contribution in [0, 0.1) is 5.92 Å². The molecule has 0 unspecified atom stereocenters. The van der Waals surface area contributed by atoms with Crippen LogP contribution in [0.15, 0.2) is 6.20 Å². The molecule has 0 saturated carbocycles. The second kappa shape index (κ2) is 10.4. The van der Waals surface area contributed by atoms with Gasteiger partial charge in [-0.2, -0.15) is 0 Å². The molecular weight excluding hydrogens is 378 g/mol. The van der Waals surface area contributed by atoms with Gasteiger partial charge in [0.25, 0.3) is 0 Å². The van der Waals surface area contributed by atoms with E-state index in [0.717, 1.165) is 70.6 Å². The first-order valence-electron chi connectivity index (χ1n) is 11.5. The summed E-state index contributed by atoms with van der Waals surface area (Å²) < 4.78 is 0. The number of fused-ring (bicyclic) bond motifs is 2. The highest BCUT2D eigenvalue weighted by Gasteiger charge is 2.40. The lowest BCUT2D eigenvalue weighted by molar-refractivity contribution is 0.0624. The Balaban J connectivity index is 1.66. The lowest BCUT2D eigenvalue weighted by Gasteiger charge is -2.47. The number of likely N-dealkylation sites (N-methyl/N-ethyl adjacent to an activating group) is 2. The molecule has 1 aliphatic heterocycles. The van der Waals surface area contributed by atoms with Crippen LogP contribution in [0.2, 0.25) is 0 Å². The van der Waals surface area contributed by atoms with Crippen LogP contribution >= 0.6 is 0 Å². The highest BCUT2D eigenvalue weighted by atomic mass is 16.2. The minimum absolute atomic E-state index is 0.0599. The third-order valence-corrected chi connectivity index (χ3v) is 6.71. The molecule has 1 saturated heterocycles. The van der Waals surface area contributed by atoms with Gasteiger partial charge >= 0.3 is 6.03 Å². The van der Waals surface area contributed by atoms with Crippen LogP contribution in [0.3, 0.4) is 0 Å². The van der Waals surface area contributed by atoms with Crippen LogP contribution in [0.5, 0.6) is 0 Å². The summed E-state index contributed by atoms with van der Waals surface area (Å²) in [6, 6.07) is 0.729. The summed E-state index contributed by atoms with van der Waals surface area (Å²) in [6.07, 6.45) is 5.90. The average molecular weight is 418 g/mol. The van der Waals surface area contributed by atoms with E-state index in [0.29, 0.717) is 17.9 Å². The Bertz CT molecular complexity index is 713.